The van der Waals surface area contributed by atoms with Crippen molar-refractivity contribution in [2.45, 2.75) is 26.0 Å². The fraction of sp³-hybridized carbons (Fsp3) is 0.147. The minimum atomic E-state index is -0.178. The van der Waals surface area contributed by atoms with Crippen LogP contribution in [0.3, 0.4) is 0 Å². The highest BCUT2D eigenvalue weighted by atomic mass is 16.5. The molecule has 38 heavy (non-hydrogen) atoms. The first-order valence-corrected chi connectivity index (χ1v) is 13.0. The maximum Gasteiger partial charge on any atom is 0.152 e. The van der Waals surface area contributed by atoms with Crippen LogP contribution in [0.2, 0.25) is 0 Å². The van der Waals surface area contributed by atoms with Gasteiger partial charge in [0.25, 0.3) is 0 Å². The van der Waals surface area contributed by atoms with E-state index in [1.807, 2.05) is 36.4 Å². The molecule has 1 heterocycles. The van der Waals surface area contributed by atoms with Gasteiger partial charge in [-0.2, -0.15) is 0 Å². The second-order valence-electron chi connectivity index (χ2n) is 9.45. The lowest BCUT2D eigenvalue weighted by molar-refractivity contribution is -0.112. The Bertz CT molecular complexity index is 1460. The fourth-order valence-corrected chi connectivity index (χ4v) is 4.57. The number of fused-ring (bicyclic) bond motifs is 1. The van der Waals surface area contributed by atoms with Gasteiger partial charge >= 0.3 is 0 Å². The van der Waals surface area contributed by atoms with Crippen LogP contribution in [0.15, 0.2) is 115 Å². The molecule has 0 fully saturated rings. The Balaban J connectivity index is 1.24. The molecule has 5 rings (SSSR count). The normalized spacial score (nSPS) is 11.4. The van der Waals surface area contributed by atoms with E-state index in [0.717, 1.165) is 47.5 Å². The Morgan fingerprint density at radius 1 is 0.895 bits per heavy atom. The molecule has 0 bridgehead atoms. The molecule has 0 aliphatic rings. The molecule has 0 aliphatic carbocycles. The summed E-state index contributed by atoms with van der Waals surface area (Å²) in [6.45, 7) is 3.21. The van der Waals surface area contributed by atoms with Crippen molar-refractivity contribution in [3.63, 3.8) is 0 Å². The molecule has 4 aromatic carbocycles. The predicted octanol–water partition coefficient (Wildman–Crippen LogP) is 7.27. The third-order valence-corrected chi connectivity index (χ3v) is 6.59. The van der Waals surface area contributed by atoms with E-state index in [1.54, 1.807) is 13.0 Å². The second-order valence-corrected chi connectivity index (χ2v) is 9.45. The van der Waals surface area contributed by atoms with Crippen LogP contribution >= 0.6 is 0 Å². The highest BCUT2D eigenvalue weighted by Crippen LogP contribution is 2.31. The molecule has 4 heteroatoms. The largest absolute Gasteiger partial charge is 0.481 e. The topological polar surface area (TPSA) is 54.1 Å². The van der Waals surface area contributed by atoms with Gasteiger partial charge in [0.1, 0.15) is 11.9 Å². The molecule has 5 aromatic rings. The Morgan fingerprint density at radius 3 is 2.24 bits per heavy atom. The quantitative estimate of drug-likeness (QED) is 0.148. The van der Waals surface area contributed by atoms with Gasteiger partial charge in [0.15, 0.2) is 5.78 Å². The monoisotopic (exact) mass is 500 g/mol. The SMILES string of the molecule is CC(=O)/C=C/c1ccc(CNCCc2c[nH]c3ccc(OC(c4ccccc4)c4ccccc4)cc23)cc1. The van der Waals surface area contributed by atoms with Gasteiger partial charge in [-0.05, 0) is 72.0 Å². The number of hydrogen-bond donors (Lipinski definition) is 2. The third kappa shape index (κ3) is 6.47. The summed E-state index contributed by atoms with van der Waals surface area (Å²) in [7, 11) is 0. The van der Waals surface area contributed by atoms with E-state index in [4.69, 9.17) is 4.74 Å². The number of hydrogen-bond acceptors (Lipinski definition) is 3. The Morgan fingerprint density at radius 2 is 1.58 bits per heavy atom. The predicted molar refractivity (Wildman–Crippen MR) is 155 cm³/mol. The summed E-state index contributed by atoms with van der Waals surface area (Å²) >= 11 is 0. The number of allylic oxidation sites excluding steroid dienone is 1. The van der Waals surface area contributed by atoms with Crippen LogP contribution < -0.4 is 10.1 Å². The van der Waals surface area contributed by atoms with Crippen LogP contribution in [0.5, 0.6) is 5.75 Å². The van der Waals surface area contributed by atoms with E-state index in [1.165, 1.54) is 16.5 Å². The molecular weight excluding hydrogens is 468 g/mol. The summed E-state index contributed by atoms with van der Waals surface area (Å²) in [6.07, 6.45) is 6.26. The molecular formula is C34H32N2O2. The fourth-order valence-electron chi connectivity index (χ4n) is 4.57. The highest BCUT2D eigenvalue weighted by Gasteiger charge is 2.16. The van der Waals surface area contributed by atoms with Gasteiger partial charge < -0.3 is 15.0 Å². The van der Waals surface area contributed by atoms with E-state index in [9.17, 15) is 4.79 Å². The number of ketones is 1. The molecule has 0 spiro atoms. The molecule has 2 N–H and O–H groups in total. The molecule has 0 atom stereocenters. The number of aromatic nitrogens is 1. The molecule has 4 nitrogen and oxygen atoms in total. The lowest BCUT2D eigenvalue weighted by Crippen LogP contribution is -2.16. The van der Waals surface area contributed by atoms with Crippen molar-refractivity contribution in [3.8, 4) is 5.75 Å². The van der Waals surface area contributed by atoms with Gasteiger partial charge in [0.05, 0.1) is 0 Å². The number of ether oxygens (including phenoxy) is 1. The summed E-state index contributed by atoms with van der Waals surface area (Å²) < 4.78 is 6.59. The molecule has 1 aromatic heterocycles. The van der Waals surface area contributed by atoms with E-state index in [2.05, 4.69) is 89.3 Å². The van der Waals surface area contributed by atoms with Gasteiger partial charge in [-0.1, -0.05) is 91.0 Å². The van der Waals surface area contributed by atoms with Crippen molar-refractivity contribution >= 4 is 22.8 Å². The van der Waals surface area contributed by atoms with E-state index in [-0.39, 0.29) is 11.9 Å². The standard InChI is InChI=1S/C34H32N2O2/c1-25(37)12-13-26-14-16-27(17-15-26)23-35-21-20-30-24-36-33-19-18-31(22-32(30)33)38-34(28-8-4-2-5-9-28)29-10-6-3-7-11-29/h2-19,22,24,34-36H,20-21,23H2,1H3/b13-12+. The molecule has 0 unspecified atom stereocenters. The molecule has 0 aliphatic heterocycles. The summed E-state index contributed by atoms with van der Waals surface area (Å²) in [5, 5.41) is 4.73. The molecule has 0 amide bonds. The minimum Gasteiger partial charge on any atom is -0.481 e. The second kappa shape index (κ2) is 12.2. The first-order valence-electron chi connectivity index (χ1n) is 13.0. The van der Waals surface area contributed by atoms with Crippen molar-refractivity contribution < 1.29 is 9.53 Å². The smallest absolute Gasteiger partial charge is 0.152 e. The zero-order valence-corrected chi connectivity index (χ0v) is 21.6. The van der Waals surface area contributed by atoms with Crippen LogP contribution in [0.25, 0.3) is 17.0 Å². The lowest BCUT2D eigenvalue weighted by Gasteiger charge is -2.20. The zero-order valence-electron chi connectivity index (χ0n) is 21.6. The van der Waals surface area contributed by atoms with Crippen molar-refractivity contribution in [1.29, 1.82) is 0 Å². The van der Waals surface area contributed by atoms with E-state index < -0.39 is 0 Å². The van der Waals surface area contributed by atoms with Crippen molar-refractivity contribution in [1.82, 2.24) is 10.3 Å². The lowest BCUT2D eigenvalue weighted by atomic mass is 10.0. The summed E-state index contributed by atoms with van der Waals surface area (Å²) in [5.41, 5.74) is 6.87. The maximum atomic E-state index is 11.1. The van der Waals surface area contributed by atoms with Crippen molar-refractivity contribution in [2.24, 2.45) is 0 Å². The average molecular weight is 501 g/mol. The van der Waals surface area contributed by atoms with Crippen molar-refractivity contribution in [3.05, 3.63) is 143 Å². The number of H-pyrrole nitrogens is 1. The summed E-state index contributed by atoms with van der Waals surface area (Å²) in [4.78, 5) is 14.5. The Labute approximate surface area is 224 Å². The number of aromatic amines is 1. The molecule has 0 radical (unpaired) electrons. The highest BCUT2D eigenvalue weighted by molar-refractivity contribution is 5.91. The van der Waals surface area contributed by atoms with Gasteiger partial charge in [0, 0.05) is 23.6 Å². The number of benzene rings is 4. The number of carbonyl (C=O) groups excluding carboxylic acids is 1. The Hall–Kier alpha value is -4.41. The Kier molecular flexibility index (Phi) is 8.12. The average Bonchev–Trinajstić information content (AvgIpc) is 3.36. The van der Waals surface area contributed by atoms with Crippen LogP contribution in [-0.2, 0) is 17.8 Å². The van der Waals surface area contributed by atoms with Gasteiger partial charge in [-0.3, -0.25) is 4.79 Å². The molecule has 0 saturated heterocycles. The van der Waals surface area contributed by atoms with Crippen LogP contribution in [0, 0.1) is 0 Å². The van der Waals surface area contributed by atoms with Crippen LogP contribution in [-0.4, -0.2) is 17.3 Å². The van der Waals surface area contributed by atoms with Gasteiger partial charge in [0.2, 0.25) is 0 Å². The number of rotatable bonds is 11. The van der Waals surface area contributed by atoms with E-state index >= 15 is 0 Å². The number of nitrogens with one attached hydrogen (secondary N) is 2. The van der Waals surface area contributed by atoms with Crippen LogP contribution in [0.1, 0.15) is 40.8 Å². The van der Waals surface area contributed by atoms with Gasteiger partial charge in [-0.25, -0.2) is 0 Å². The van der Waals surface area contributed by atoms with Gasteiger partial charge in [-0.15, -0.1) is 0 Å². The molecule has 0 saturated carbocycles. The van der Waals surface area contributed by atoms with E-state index in [0.29, 0.717) is 0 Å². The van der Waals surface area contributed by atoms with Crippen molar-refractivity contribution in [2.75, 3.05) is 6.54 Å². The first-order chi connectivity index (χ1) is 18.7. The number of carbonyl (C=O) groups is 1. The zero-order chi connectivity index (χ0) is 26.2. The summed E-state index contributed by atoms with van der Waals surface area (Å²) in [6, 6.07) is 35.2. The minimum absolute atomic E-state index is 0.0545. The van der Waals surface area contributed by atoms with Crippen LogP contribution in [0.4, 0.5) is 0 Å². The summed E-state index contributed by atoms with van der Waals surface area (Å²) in [5.74, 6) is 0.904. The maximum absolute atomic E-state index is 11.1. The third-order valence-electron chi connectivity index (χ3n) is 6.59. The molecule has 190 valence electrons. The first kappa shape index (κ1) is 25.2.